The molecule has 0 heterocycles. The number of nitro benzene ring substituents is 1. The van der Waals surface area contributed by atoms with E-state index in [-0.39, 0.29) is 29.8 Å². The van der Waals surface area contributed by atoms with Gasteiger partial charge in [0.25, 0.3) is 5.69 Å². The van der Waals surface area contributed by atoms with Crippen LogP contribution in [0.2, 0.25) is 0 Å². The number of nitro groups is 1. The molecule has 1 aliphatic carbocycles. The van der Waals surface area contributed by atoms with Gasteiger partial charge in [0.05, 0.1) is 17.1 Å². The lowest BCUT2D eigenvalue weighted by Crippen LogP contribution is -2.21. The number of nitrogens with zero attached hydrogens (tertiary/aromatic N) is 2. The van der Waals surface area contributed by atoms with Gasteiger partial charge < -0.3 is 5.32 Å². The number of amides is 2. The zero-order valence-electron chi connectivity index (χ0n) is 15.3. The zero-order chi connectivity index (χ0) is 20.1. The minimum atomic E-state index is -0.486. The van der Waals surface area contributed by atoms with Crippen molar-refractivity contribution < 1.29 is 14.5 Å². The third-order valence-electron chi connectivity index (χ3n) is 4.38. The van der Waals surface area contributed by atoms with Crippen molar-refractivity contribution in [3.05, 3.63) is 69.8 Å². The fraction of sp³-hybridized carbons (Fsp3) is 0.250. The van der Waals surface area contributed by atoms with Crippen molar-refractivity contribution in [1.82, 2.24) is 5.43 Å². The fourth-order valence-electron chi connectivity index (χ4n) is 2.56. The van der Waals surface area contributed by atoms with Gasteiger partial charge in [0.1, 0.15) is 0 Å². The van der Waals surface area contributed by atoms with E-state index in [1.165, 1.54) is 12.1 Å². The molecule has 0 radical (unpaired) electrons. The first-order valence-corrected chi connectivity index (χ1v) is 8.90. The van der Waals surface area contributed by atoms with Crippen LogP contribution in [0.4, 0.5) is 11.4 Å². The minimum Gasteiger partial charge on any atom is -0.326 e. The summed E-state index contributed by atoms with van der Waals surface area (Å²) in [4.78, 5) is 33.9. The van der Waals surface area contributed by atoms with Crippen LogP contribution in [0.3, 0.4) is 0 Å². The summed E-state index contributed by atoms with van der Waals surface area (Å²) >= 11 is 0. The highest BCUT2D eigenvalue weighted by Crippen LogP contribution is 2.30. The van der Waals surface area contributed by atoms with E-state index in [4.69, 9.17) is 0 Å². The molecule has 0 aliphatic heterocycles. The molecule has 0 aromatic heterocycles. The molecule has 0 atom stereocenters. The second-order valence-corrected chi connectivity index (χ2v) is 6.67. The van der Waals surface area contributed by atoms with Crippen molar-refractivity contribution in [2.24, 2.45) is 11.0 Å². The van der Waals surface area contributed by atoms with Gasteiger partial charge in [0.2, 0.25) is 11.8 Å². The van der Waals surface area contributed by atoms with E-state index < -0.39 is 4.92 Å². The summed E-state index contributed by atoms with van der Waals surface area (Å²) in [6.07, 6.45) is 1.98. The van der Waals surface area contributed by atoms with E-state index in [2.05, 4.69) is 15.8 Å². The molecule has 28 heavy (non-hydrogen) atoms. The predicted molar refractivity (Wildman–Crippen MR) is 105 cm³/mol. The molecule has 2 amide bonds. The maximum atomic E-state index is 12.0. The van der Waals surface area contributed by atoms with E-state index in [9.17, 15) is 19.7 Å². The normalized spacial score (nSPS) is 13.7. The van der Waals surface area contributed by atoms with E-state index in [1.54, 1.807) is 31.2 Å². The summed E-state index contributed by atoms with van der Waals surface area (Å²) in [5, 5.41) is 17.6. The molecule has 0 saturated heterocycles. The van der Waals surface area contributed by atoms with E-state index in [0.29, 0.717) is 11.3 Å². The average molecular weight is 380 g/mol. The number of hydrogen-bond donors (Lipinski definition) is 2. The number of non-ortho nitro benzene ring substituents is 1. The number of rotatable bonds is 7. The monoisotopic (exact) mass is 380 g/mol. The molecule has 3 rings (SSSR count). The molecular formula is C20H20N4O4. The van der Waals surface area contributed by atoms with Gasteiger partial charge >= 0.3 is 0 Å². The van der Waals surface area contributed by atoms with Crippen LogP contribution < -0.4 is 10.7 Å². The number of benzene rings is 2. The van der Waals surface area contributed by atoms with Crippen LogP contribution in [0.25, 0.3) is 0 Å². The first kappa shape index (κ1) is 19.2. The first-order valence-electron chi connectivity index (χ1n) is 8.90. The Labute approximate surface area is 161 Å². The fourth-order valence-corrected chi connectivity index (χ4v) is 2.56. The van der Waals surface area contributed by atoms with Gasteiger partial charge in [-0.1, -0.05) is 24.3 Å². The molecule has 2 N–H and O–H groups in total. The Balaban J connectivity index is 1.53. The Kier molecular flexibility index (Phi) is 5.78. The summed E-state index contributed by atoms with van der Waals surface area (Å²) in [5.74, 6) is -0.118. The molecule has 144 valence electrons. The highest BCUT2D eigenvalue weighted by Gasteiger charge is 2.29. The molecule has 8 heteroatoms. The number of nitrogens with one attached hydrogen (secondary N) is 2. The van der Waals surface area contributed by atoms with Crippen LogP contribution in [-0.4, -0.2) is 22.4 Å². The Morgan fingerprint density at radius 2 is 1.75 bits per heavy atom. The van der Waals surface area contributed by atoms with Gasteiger partial charge in [-0.25, -0.2) is 5.43 Å². The van der Waals surface area contributed by atoms with Crippen molar-refractivity contribution in [3.8, 4) is 0 Å². The van der Waals surface area contributed by atoms with Gasteiger partial charge in [0.15, 0.2) is 0 Å². The van der Waals surface area contributed by atoms with Crippen LogP contribution in [0.1, 0.15) is 30.9 Å². The second kappa shape index (κ2) is 8.43. The average Bonchev–Trinajstić information content (AvgIpc) is 3.52. The highest BCUT2D eigenvalue weighted by atomic mass is 16.6. The Morgan fingerprint density at radius 3 is 2.32 bits per heavy atom. The van der Waals surface area contributed by atoms with E-state index in [0.717, 1.165) is 24.1 Å². The van der Waals surface area contributed by atoms with Crippen molar-refractivity contribution in [2.75, 3.05) is 5.32 Å². The molecule has 2 aromatic carbocycles. The van der Waals surface area contributed by atoms with Crippen molar-refractivity contribution in [2.45, 2.75) is 26.2 Å². The van der Waals surface area contributed by atoms with Crippen molar-refractivity contribution >= 4 is 28.9 Å². The maximum Gasteiger partial charge on any atom is 0.269 e. The molecule has 1 saturated carbocycles. The second-order valence-electron chi connectivity index (χ2n) is 6.67. The highest BCUT2D eigenvalue weighted by molar-refractivity contribution is 6.00. The quantitative estimate of drug-likeness (QED) is 0.436. The lowest BCUT2D eigenvalue weighted by atomic mass is 10.1. The summed E-state index contributed by atoms with van der Waals surface area (Å²) in [6, 6.07) is 13.1. The smallest absolute Gasteiger partial charge is 0.269 e. The number of anilines is 1. The number of hydrogen-bond acceptors (Lipinski definition) is 5. The summed E-state index contributed by atoms with van der Waals surface area (Å²) in [5.41, 5.74) is 5.30. The van der Waals surface area contributed by atoms with Crippen molar-refractivity contribution in [1.29, 1.82) is 0 Å². The third kappa shape index (κ3) is 5.23. The van der Waals surface area contributed by atoms with Gasteiger partial charge in [-0.05, 0) is 43.0 Å². The SMILES string of the molecule is C/C(=N/NC(=O)Cc1ccc([N+](=O)[O-])cc1)c1ccc(NC(=O)C2CC2)cc1. The zero-order valence-corrected chi connectivity index (χ0v) is 15.3. The van der Waals surface area contributed by atoms with Gasteiger partial charge in [-0.15, -0.1) is 0 Å². The van der Waals surface area contributed by atoms with Gasteiger partial charge in [-0.2, -0.15) is 5.10 Å². The molecule has 1 aliphatic rings. The van der Waals surface area contributed by atoms with Gasteiger partial charge in [0, 0.05) is 23.7 Å². The first-order chi connectivity index (χ1) is 13.4. The molecular weight excluding hydrogens is 360 g/mol. The van der Waals surface area contributed by atoms with Crippen molar-refractivity contribution in [3.63, 3.8) is 0 Å². The standard InChI is InChI=1S/C20H20N4O4/c1-13(15-6-8-17(9-7-15)21-20(26)16-4-5-16)22-23-19(25)12-14-2-10-18(11-3-14)24(27)28/h2-3,6-11,16H,4-5,12H2,1H3,(H,21,26)(H,23,25)/b22-13-. The summed E-state index contributed by atoms with van der Waals surface area (Å²) < 4.78 is 0. The maximum absolute atomic E-state index is 12.0. The number of hydrazone groups is 1. The van der Waals surface area contributed by atoms with E-state index >= 15 is 0 Å². The molecule has 8 nitrogen and oxygen atoms in total. The molecule has 1 fully saturated rings. The Bertz CT molecular complexity index is 916. The predicted octanol–water partition coefficient (Wildman–Crippen LogP) is 3.03. The molecule has 0 spiro atoms. The minimum absolute atomic E-state index is 0.0187. The summed E-state index contributed by atoms with van der Waals surface area (Å²) in [6.45, 7) is 1.77. The topological polar surface area (TPSA) is 114 Å². The number of carbonyl (C=O) groups is 2. The number of carbonyl (C=O) groups excluding carboxylic acids is 2. The van der Waals surface area contributed by atoms with Crippen LogP contribution in [0.5, 0.6) is 0 Å². The van der Waals surface area contributed by atoms with Crippen LogP contribution in [-0.2, 0) is 16.0 Å². The van der Waals surface area contributed by atoms with Crippen LogP contribution in [0, 0.1) is 16.0 Å². The third-order valence-corrected chi connectivity index (χ3v) is 4.38. The largest absolute Gasteiger partial charge is 0.326 e. The molecule has 0 bridgehead atoms. The Morgan fingerprint density at radius 1 is 1.11 bits per heavy atom. The molecule has 0 unspecified atom stereocenters. The van der Waals surface area contributed by atoms with Gasteiger partial charge in [-0.3, -0.25) is 19.7 Å². The van der Waals surface area contributed by atoms with Crippen LogP contribution in [0.15, 0.2) is 53.6 Å². The Hall–Kier alpha value is -3.55. The molecule has 2 aromatic rings. The van der Waals surface area contributed by atoms with E-state index in [1.807, 2.05) is 12.1 Å². The summed E-state index contributed by atoms with van der Waals surface area (Å²) in [7, 11) is 0. The lowest BCUT2D eigenvalue weighted by Gasteiger charge is -2.06. The lowest BCUT2D eigenvalue weighted by molar-refractivity contribution is -0.384. The van der Waals surface area contributed by atoms with Crippen LogP contribution >= 0.6 is 0 Å².